The van der Waals surface area contributed by atoms with Gasteiger partial charge in [-0.2, -0.15) is 0 Å². The molecule has 6 nitrogen and oxygen atoms in total. The van der Waals surface area contributed by atoms with Gasteiger partial charge in [0.05, 0.1) is 5.56 Å². The van der Waals surface area contributed by atoms with Gasteiger partial charge in [-0.05, 0) is 73.7 Å². The number of piperidine rings is 1. The van der Waals surface area contributed by atoms with Gasteiger partial charge in [-0.25, -0.2) is 0 Å². The highest BCUT2D eigenvalue weighted by molar-refractivity contribution is 6.06. The van der Waals surface area contributed by atoms with Crippen LogP contribution in [0.5, 0.6) is 0 Å². The Labute approximate surface area is 211 Å². The predicted molar refractivity (Wildman–Crippen MR) is 146 cm³/mol. The summed E-state index contributed by atoms with van der Waals surface area (Å²) in [4.78, 5) is 30.7. The lowest BCUT2D eigenvalue weighted by molar-refractivity contribution is 0.0948. The molecule has 2 aromatic rings. The highest BCUT2D eigenvalue weighted by Gasteiger charge is 2.20. The number of carbonyl (C=O) groups excluding carboxylic acids is 2. The van der Waals surface area contributed by atoms with Gasteiger partial charge in [0.1, 0.15) is 0 Å². The molecule has 0 aliphatic carbocycles. The fourth-order valence-corrected chi connectivity index (χ4v) is 4.49. The lowest BCUT2D eigenvalue weighted by Crippen LogP contribution is -2.36. The number of carbonyl (C=O) groups is 2. The van der Waals surface area contributed by atoms with E-state index in [0.29, 0.717) is 23.4 Å². The molecule has 0 bridgehead atoms. The van der Waals surface area contributed by atoms with E-state index in [1.54, 1.807) is 0 Å². The summed E-state index contributed by atoms with van der Waals surface area (Å²) in [6, 6.07) is 13.4. The molecule has 0 atom stereocenters. The van der Waals surface area contributed by atoms with Gasteiger partial charge in [0.25, 0.3) is 11.8 Å². The van der Waals surface area contributed by atoms with Gasteiger partial charge in [0, 0.05) is 43.1 Å². The van der Waals surface area contributed by atoms with Crippen molar-refractivity contribution >= 4 is 23.2 Å². The van der Waals surface area contributed by atoms with E-state index in [1.807, 2.05) is 42.5 Å². The van der Waals surface area contributed by atoms with Crippen LogP contribution in [0, 0.1) is 0 Å². The molecule has 1 saturated heterocycles. The Morgan fingerprint density at radius 2 is 1.57 bits per heavy atom. The van der Waals surface area contributed by atoms with Crippen molar-refractivity contribution in [2.75, 3.05) is 49.5 Å². The van der Waals surface area contributed by atoms with Gasteiger partial charge in [-0.15, -0.1) is 0 Å². The van der Waals surface area contributed by atoms with Crippen LogP contribution in [0.15, 0.2) is 42.5 Å². The summed E-state index contributed by atoms with van der Waals surface area (Å²) in [5.74, 6) is -0.271. The van der Waals surface area contributed by atoms with E-state index in [-0.39, 0.29) is 17.2 Å². The van der Waals surface area contributed by atoms with E-state index >= 15 is 0 Å². The maximum Gasteiger partial charge on any atom is 0.255 e. The van der Waals surface area contributed by atoms with Gasteiger partial charge >= 0.3 is 0 Å². The van der Waals surface area contributed by atoms with Crippen LogP contribution in [0.25, 0.3) is 0 Å². The minimum absolute atomic E-state index is 0.0346. The number of hydrogen-bond donors (Lipinski definition) is 2. The molecule has 0 spiro atoms. The van der Waals surface area contributed by atoms with Crippen molar-refractivity contribution in [3.8, 4) is 0 Å². The smallest absolute Gasteiger partial charge is 0.255 e. The van der Waals surface area contributed by atoms with Gasteiger partial charge in [-0.1, -0.05) is 46.8 Å². The van der Waals surface area contributed by atoms with Crippen molar-refractivity contribution < 1.29 is 9.59 Å². The second-order valence-corrected chi connectivity index (χ2v) is 10.3. The molecule has 3 rings (SSSR count). The molecule has 35 heavy (non-hydrogen) atoms. The minimum atomic E-state index is -0.177. The second-order valence-electron chi connectivity index (χ2n) is 10.3. The molecule has 2 amide bonds. The first-order valence-electron chi connectivity index (χ1n) is 13.0. The van der Waals surface area contributed by atoms with Crippen molar-refractivity contribution in [2.24, 2.45) is 0 Å². The molecule has 2 aromatic carbocycles. The summed E-state index contributed by atoms with van der Waals surface area (Å²) in [6.45, 7) is 16.0. The standard InChI is InChI=1S/C29H42N4O2/c1-6-32(7-2)20-17-30-28(35)25-21-24(15-16-26(25)33-18-9-8-10-19-33)31-27(34)22-11-13-23(14-12-22)29(3,4)5/h11-16,21H,6-10,17-20H2,1-5H3,(H,30,35)(H,31,34). The SMILES string of the molecule is CCN(CC)CCNC(=O)c1cc(NC(=O)c2ccc(C(C)(C)C)cc2)ccc1N1CCCCC1. The average Bonchev–Trinajstić information content (AvgIpc) is 2.86. The van der Waals surface area contributed by atoms with Gasteiger partial charge < -0.3 is 20.4 Å². The van der Waals surface area contributed by atoms with Crippen LogP contribution in [-0.2, 0) is 5.41 Å². The van der Waals surface area contributed by atoms with Crippen molar-refractivity contribution in [1.29, 1.82) is 0 Å². The van der Waals surface area contributed by atoms with Crippen molar-refractivity contribution in [3.63, 3.8) is 0 Å². The van der Waals surface area contributed by atoms with E-state index < -0.39 is 0 Å². The van der Waals surface area contributed by atoms with E-state index in [1.165, 1.54) is 12.0 Å². The molecule has 0 unspecified atom stereocenters. The van der Waals surface area contributed by atoms with Crippen molar-refractivity contribution in [1.82, 2.24) is 10.2 Å². The molecule has 0 saturated carbocycles. The average molecular weight is 479 g/mol. The summed E-state index contributed by atoms with van der Waals surface area (Å²) in [7, 11) is 0. The van der Waals surface area contributed by atoms with Crippen LogP contribution in [-0.4, -0.2) is 56.0 Å². The highest BCUT2D eigenvalue weighted by atomic mass is 16.2. The van der Waals surface area contributed by atoms with E-state index in [0.717, 1.165) is 51.3 Å². The lowest BCUT2D eigenvalue weighted by atomic mass is 9.87. The Bertz CT molecular complexity index is 985. The largest absolute Gasteiger partial charge is 0.371 e. The third-order valence-electron chi connectivity index (χ3n) is 6.82. The van der Waals surface area contributed by atoms with E-state index in [4.69, 9.17) is 0 Å². The van der Waals surface area contributed by atoms with Crippen LogP contribution in [0.3, 0.4) is 0 Å². The third-order valence-corrected chi connectivity index (χ3v) is 6.82. The topological polar surface area (TPSA) is 64.7 Å². The molecule has 2 N–H and O–H groups in total. The summed E-state index contributed by atoms with van der Waals surface area (Å²) < 4.78 is 0. The summed E-state index contributed by atoms with van der Waals surface area (Å²) in [5, 5.41) is 6.08. The molecule has 1 fully saturated rings. The zero-order valence-corrected chi connectivity index (χ0v) is 22.1. The van der Waals surface area contributed by atoms with Crippen LogP contribution in [0.1, 0.15) is 80.2 Å². The van der Waals surface area contributed by atoms with Crippen LogP contribution < -0.4 is 15.5 Å². The first kappa shape index (κ1) is 26.7. The number of benzene rings is 2. The van der Waals surface area contributed by atoms with Crippen LogP contribution >= 0.6 is 0 Å². The monoisotopic (exact) mass is 478 g/mol. The zero-order chi connectivity index (χ0) is 25.4. The fourth-order valence-electron chi connectivity index (χ4n) is 4.49. The third kappa shape index (κ3) is 7.31. The number of amides is 2. The second kappa shape index (κ2) is 12.2. The Hall–Kier alpha value is -2.86. The van der Waals surface area contributed by atoms with Crippen LogP contribution in [0.4, 0.5) is 11.4 Å². The predicted octanol–water partition coefficient (Wildman–Crippen LogP) is 5.30. The first-order valence-corrected chi connectivity index (χ1v) is 13.0. The van der Waals surface area contributed by atoms with E-state index in [9.17, 15) is 9.59 Å². The molecule has 1 heterocycles. The number of nitrogens with one attached hydrogen (secondary N) is 2. The lowest BCUT2D eigenvalue weighted by Gasteiger charge is -2.30. The Morgan fingerprint density at radius 3 is 2.17 bits per heavy atom. The Kier molecular flexibility index (Phi) is 9.33. The fraction of sp³-hybridized carbons (Fsp3) is 0.517. The molecule has 1 aliphatic rings. The number of likely N-dealkylation sites (N-methyl/N-ethyl adjacent to an activating group) is 1. The first-order chi connectivity index (χ1) is 16.7. The van der Waals surface area contributed by atoms with Crippen molar-refractivity contribution in [3.05, 3.63) is 59.2 Å². The Morgan fingerprint density at radius 1 is 0.914 bits per heavy atom. The van der Waals surface area contributed by atoms with Crippen molar-refractivity contribution in [2.45, 2.75) is 59.3 Å². The summed E-state index contributed by atoms with van der Waals surface area (Å²) in [6.07, 6.45) is 3.49. The number of anilines is 2. The van der Waals surface area contributed by atoms with E-state index in [2.05, 4.69) is 55.1 Å². The summed E-state index contributed by atoms with van der Waals surface area (Å²) in [5.41, 5.74) is 4.01. The quantitative estimate of drug-likeness (QED) is 0.513. The molecule has 190 valence electrons. The molecular weight excluding hydrogens is 436 g/mol. The molecule has 1 aliphatic heterocycles. The molecule has 6 heteroatoms. The minimum Gasteiger partial charge on any atom is -0.371 e. The number of hydrogen-bond acceptors (Lipinski definition) is 4. The van der Waals surface area contributed by atoms with Gasteiger partial charge in [0.15, 0.2) is 0 Å². The molecule has 0 radical (unpaired) electrons. The zero-order valence-electron chi connectivity index (χ0n) is 22.1. The van der Waals surface area contributed by atoms with Gasteiger partial charge in [-0.3, -0.25) is 9.59 Å². The maximum absolute atomic E-state index is 13.2. The van der Waals surface area contributed by atoms with Gasteiger partial charge in [0.2, 0.25) is 0 Å². The molecule has 0 aromatic heterocycles. The Balaban J connectivity index is 1.78. The van der Waals surface area contributed by atoms with Crippen LogP contribution in [0.2, 0.25) is 0 Å². The number of rotatable bonds is 9. The normalized spacial score (nSPS) is 14.2. The highest BCUT2D eigenvalue weighted by Crippen LogP contribution is 2.28. The number of nitrogens with zero attached hydrogens (tertiary/aromatic N) is 2. The molecular formula is C29H42N4O2. The maximum atomic E-state index is 13.2. The summed E-state index contributed by atoms with van der Waals surface area (Å²) >= 11 is 0.